The second-order valence-electron chi connectivity index (χ2n) is 7.29. The lowest BCUT2D eigenvalue weighted by atomic mass is 10.1. The minimum atomic E-state index is -3.55. The molecule has 1 aliphatic heterocycles. The lowest BCUT2D eigenvalue weighted by Crippen LogP contribution is -2.49. The first-order valence-electron chi connectivity index (χ1n) is 9.96. The van der Waals surface area contributed by atoms with Gasteiger partial charge in [-0.25, -0.2) is 17.8 Å². The number of hydrogen-bond donors (Lipinski definition) is 0. The molecule has 2 heterocycles. The van der Waals surface area contributed by atoms with Gasteiger partial charge in [-0.05, 0) is 23.3 Å². The minimum Gasteiger partial charge on any atom is -0.344 e. The van der Waals surface area contributed by atoms with E-state index in [4.69, 9.17) is 0 Å². The summed E-state index contributed by atoms with van der Waals surface area (Å²) >= 11 is 1.30. The quantitative estimate of drug-likeness (QED) is 0.506. The van der Waals surface area contributed by atoms with Crippen LogP contribution in [0.4, 0.5) is 9.52 Å². The topological polar surface area (TPSA) is 66.4 Å². The molecule has 0 N–H and O–H groups in total. The number of sulfonamides is 1. The molecule has 31 heavy (non-hydrogen) atoms. The van der Waals surface area contributed by atoms with Crippen LogP contribution in [0.25, 0.3) is 0 Å². The maximum Gasteiger partial charge on any atom is 0.224 e. The summed E-state index contributed by atoms with van der Waals surface area (Å²) in [6.07, 6.45) is 2.02. The highest BCUT2D eigenvalue weighted by molar-refractivity contribution is 7.89. The van der Waals surface area contributed by atoms with E-state index < -0.39 is 15.3 Å². The van der Waals surface area contributed by atoms with Crippen LogP contribution >= 0.6 is 11.5 Å². The van der Waals surface area contributed by atoms with E-state index in [1.807, 2.05) is 30.3 Å². The van der Waals surface area contributed by atoms with Crippen molar-refractivity contribution in [1.82, 2.24) is 13.7 Å². The molecule has 9 heteroatoms. The molecule has 6 nitrogen and oxygen atoms in total. The number of anilines is 1. The molecule has 2 aromatic carbocycles. The van der Waals surface area contributed by atoms with Crippen molar-refractivity contribution in [3.05, 3.63) is 90.0 Å². The molecule has 0 saturated carbocycles. The van der Waals surface area contributed by atoms with Crippen LogP contribution in [0.15, 0.2) is 67.3 Å². The third-order valence-corrected chi connectivity index (χ3v) is 8.27. The first kappa shape index (κ1) is 21.6. The van der Waals surface area contributed by atoms with Crippen LogP contribution in [0.5, 0.6) is 0 Å². The molecule has 1 atom stereocenters. The number of benzene rings is 2. The normalized spacial score (nSPS) is 16.2. The molecule has 1 aromatic heterocycles. The van der Waals surface area contributed by atoms with Crippen molar-refractivity contribution >= 4 is 26.7 Å². The number of rotatable bonds is 7. The highest BCUT2D eigenvalue weighted by Crippen LogP contribution is 2.28. The molecule has 0 aliphatic carbocycles. The van der Waals surface area contributed by atoms with Gasteiger partial charge >= 0.3 is 0 Å². The Morgan fingerprint density at radius 2 is 1.74 bits per heavy atom. The predicted octanol–water partition coefficient (Wildman–Crippen LogP) is 3.65. The van der Waals surface area contributed by atoms with Crippen molar-refractivity contribution in [2.24, 2.45) is 0 Å². The Kier molecular flexibility index (Phi) is 6.45. The molecule has 4 rings (SSSR count). The summed E-state index contributed by atoms with van der Waals surface area (Å²) in [5.41, 5.74) is 1.66. The molecule has 1 fully saturated rings. The van der Waals surface area contributed by atoms with Gasteiger partial charge in [0.1, 0.15) is 16.9 Å². The van der Waals surface area contributed by atoms with E-state index in [-0.39, 0.29) is 5.82 Å². The Bertz CT molecular complexity index is 1130. The Balaban J connectivity index is 1.40. The Morgan fingerprint density at radius 3 is 2.39 bits per heavy atom. The summed E-state index contributed by atoms with van der Waals surface area (Å²) in [5, 5.41) is 0.0154. The monoisotopic (exact) mass is 458 g/mol. The summed E-state index contributed by atoms with van der Waals surface area (Å²) in [4.78, 5) is 6.65. The molecule has 0 radical (unpaired) electrons. The zero-order valence-electron chi connectivity index (χ0n) is 16.9. The van der Waals surface area contributed by atoms with Crippen molar-refractivity contribution < 1.29 is 12.8 Å². The fourth-order valence-corrected chi connectivity index (χ4v) is 6.07. The maximum absolute atomic E-state index is 13.2. The molecule has 1 aliphatic rings. The second-order valence-corrected chi connectivity index (χ2v) is 10.1. The van der Waals surface area contributed by atoms with Gasteiger partial charge in [-0.3, -0.25) is 0 Å². The number of halogens is 1. The van der Waals surface area contributed by atoms with Gasteiger partial charge < -0.3 is 4.90 Å². The lowest BCUT2D eigenvalue weighted by molar-refractivity contribution is 0.382. The highest BCUT2D eigenvalue weighted by atomic mass is 32.2. The summed E-state index contributed by atoms with van der Waals surface area (Å²) in [5.74, 6) is 0.409. The Hall–Kier alpha value is -2.62. The van der Waals surface area contributed by atoms with Gasteiger partial charge in [0, 0.05) is 44.1 Å². The Labute approximate surface area is 185 Å². The van der Waals surface area contributed by atoms with E-state index >= 15 is 0 Å². The van der Waals surface area contributed by atoms with Crippen LogP contribution in [-0.4, -0.2) is 48.3 Å². The van der Waals surface area contributed by atoms with Crippen molar-refractivity contribution in [3.63, 3.8) is 0 Å². The molecular formula is C22H23FN4O2S2. The van der Waals surface area contributed by atoms with Crippen LogP contribution < -0.4 is 4.90 Å². The standard InChI is InChI=1S/C22H23FN4O2S2/c1-2-20(18-6-4-3-5-7-18)31(28,29)27-14-12-26(13-15-27)22-24-21(25-30-22)16-17-8-10-19(23)11-9-17/h2-11,20H,1,12-16H2. The summed E-state index contributed by atoms with van der Waals surface area (Å²) < 4.78 is 45.4. The van der Waals surface area contributed by atoms with Crippen molar-refractivity contribution in [3.8, 4) is 0 Å². The molecule has 0 bridgehead atoms. The lowest BCUT2D eigenvalue weighted by Gasteiger charge is -2.35. The van der Waals surface area contributed by atoms with Gasteiger partial charge in [0.2, 0.25) is 15.2 Å². The summed E-state index contributed by atoms with van der Waals surface area (Å²) in [6.45, 7) is 5.60. The minimum absolute atomic E-state index is 0.269. The second kappa shape index (κ2) is 9.25. The van der Waals surface area contributed by atoms with Gasteiger partial charge in [-0.1, -0.05) is 48.5 Å². The molecular weight excluding hydrogens is 435 g/mol. The van der Waals surface area contributed by atoms with Crippen LogP contribution in [0, 0.1) is 5.82 Å². The summed E-state index contributed by atoms with van der Waals surface area (Å²) in [7, 11) is -3.55. The fraction of sp³-hybridized carbons (Fsp3) is 0.273. The first-order chi connectivity index (χ1) is 15.0. The van der Waals surface area contributed by atoms with Gasteiger partial charge in [-0.2, -0.15) is 8.68 Å². The molecule has 0 amide bonds. The van der Waals surface area contributed by atoms with Gasteiger partial charge in [-0.15, -0.1) is 6.58 Å². The van der Waals surface area contributed by atoms with E-state index in [9.17, 15) is 12.8 Å². The van der Waals surface area contributed by atoms with E-state index in [1.54, 1.807) is 12.1 Å². The molecule has 162 valence electrons. The van der Waals surface area contributed by atoms with Crippen LogP contribution in [-0.2, 0) is 16.4 Å². The zero-order valence-corrected chi connectivity index (χ0v) is 18.5. The van der Waals surface area contributed by atoms with Crippen molar-refractivity contribution in [1.29, 1.82) is 0 Å². The average Bonchev–Trinajstić information content (AvgIpc) is 3.25. The molecule has 0 spiro atoms. The SMILES string of the molecule is C=CC(c1ccccc1)S(=O)(=O)N1CCN(c2nc(Cc3ccc(F)cc3)ns2)CC1. The summed E-state index contributed by atoms with van der Waals surface area (Å²) in [6, 6.07) is 15.4. The van der Waals surface area contributed by atoms with Crippen LogP contribution in [0.3, 0.4) is 0 Å². The van der Waals surface area contributed by atoms with Gasteiger partial charge in [0.05, 0.1) is 0 Å². The number of hydrogen-bond acceptors (Lipinski definition) is 6. The third-order valence-electron chi connectivity index (χ3n) is 5.26. The zero-order chi connectivity index (χ0) is 21.8. The smallest absolute Gasteiger partial charge is 0.224 e. The van der Waals surface area contributed by atoms with Gasteiger partial charge in [0.15, 0.2) is 0 Å². The Morgan fingerprint density at radius 1 is 1.06 bits per heavy atom. The largest absolute Gasteiger partial charge is 0.344 e. The van der Waals surface area contributed by atoms with Crippen LogP contribution in [0.2, 0.25) is 0 Å². The van der Waals surface area contributed by atoms with E-state index in [0.29, 0.717) is 38.4 Å². The van der Waals surface area contributed by atoms with Crippen molar-refractivity contribution in [2.45, 2.75) is 11.7 Å². The molecule has 1 saturated heterocycles. The molecule has 3 aromatic rings. The van der Waals surface area contributed by atoms with E-state index in [1.165, 1.54) is 34.0 Å². The predicted molar refractivity (Wildman–Crippen MR) is 121 cm³/mol. The number of piperazine rings is 1. The molecule has 1 unspecified atom stereocenters. The number of nitrogens with zero attached hydrogens (tertiary/aromatic N) is 4. The third kappa shape index (κ3) is 4.84. The highest BCUT2D eigenvalue weighted by Gasteiger charge is 2.34. The van der Waals surface area contributed by atoms with Gasteiger partial charge in [0.25, 0.3) is 0 Å². The number of aromatic nitrogens is 2. The van der Waals surface area contributed by atoms with E-state index in [0.717, 1.165) is 16.3 Å². The van der Waals surface area contributed by atoms with Crippen molar-refractivity contribution in [2.75, 3.05) is 31.1 Å². The average molecular weight is 459 g/mol. The maximum atomic E-state index is 13.2. The van der Waals surface area contributed by atoms with E-state index in [2.05, 4.69) is 20.8 Å². The fourth-order valence-electron chi connectivity index (χ4n) is 3.60. The first-order valence-corrected chi connectivity index (χ1v) is 12.2. The van der Waals surface area contributed by atoms with Crippen LogP contribution in [0.1, 0.15) is 22.2 Å².